The number of phosphoric acid groups is 3. The predicted molar refractivity (Wildman–Crippen MR) is 541 cm³/mol. The molecule has 0 radical (unpaired) electrons. The molecule has 5 aliphatic heterocycles. The Morgan fingerprint density at radius 2 is 0.590 bits per heavy atom. The molecule has 5 fully saturated rings. The van der Waals surface area contributed by atoms with Crippen molar-refractivity contribution in [2.45, 2.75) is 462 Å². The maximum Gasteiger partial charge on any atom is 0.472 e. The first-order valence-electron chi connectivity index (χ1n) is 53.2. The van der Waals surface area contributed by atoms with E-state index >= 15 is 0 Å². The molecule has 3 aromatic heterocycles. The van der Waals surface area contributed by atoms with Crippen LogP contribution in [0.3, 0.4) is 0 Å². The van der Waals surface area contributed by atoms with Crippen LogP contribution in [0.5, 0.6) is 0 Å². The van der Waals surface area contributed by atoms with Gasteiger partial charge in [0.2, 0.25) is 0 Å². The fourth-order valence-corrected chi connectivity index (χ4v) is 19.7. The molecule has 8 heterocycles. The summed E-state index contributed by atoms with van der Waals surface area (Å²) in [6.45, 7) is 18.0. The Hall–Kier alpha value is -5.02. The summed E-state index contributed by atoms with van der Waals surface area (Å²) in [5.74, 6) is 0.596. The highest BCUT2D eigenvalue weighted by Crippen LogP contribution is 2.47. The maximum atomic E-state index is 12.7. The zero-order valence-electron chi connectivity index (χ0n) is 85.1. The molecule has 800 valence electrons. The summed E-state index contributed by atoms with van der Waals surface area (Å²) in [4.78, 5) is 98.8. The van der Waals surface area contributed by atoms with Crippen molar-refractivity contribution in [3.63, 3.8) is 0 Å². The van der Waals surface area contributed by atoms with Crippen LogP contribution in [0.1, 0.15) is 395 Å². The van der Waals surface area contributed by atoms with Crippen molar-refractivity contribution in [2.75, 3.05) is 79.0 Å². The minimum Gasteiger partial charge on any atom is -0.387 e. The number of unbranched alkanes of at least 4 members (excludes halogenated alkanes) is 45. The lowest BCUT2D eigenvalue weighted by atomic mass is 10.0. The third-order valence-corrected chi connectivity index (χ3v) is 28.9. The third kappa shape index (κ3) is 51.3. The van der Waals surface area contributed by atoms with Crippen LogP contribution in [0.15, 0.2) is 66.2 Å². The van der Waals surface area contributed by atoms with Crippen LogP contribution in [0, 0.1) is 0 Å². The van der Waals surface area contributed by atoms with E-state index < -0.39 is 134 Å². The number of nitrogens with zero attached hydrogens (tertiary/aromatic N) is 12. The minimum absolute atomic E-state index is 0.0764. The topological polar surface area (TPSA) is 477 Å². The Morgan fingerprint density at radius 1 is 0.353 bits per heavy atom. The highest BCUT2D eigenvalue weighted by Gasteiger charge is 2.48. The molecule has 0 bridgehead atoms. The van der Waals surface area contributed by atoms with Gasteiger partial charge in [0.25, 0.3) is 0 Å². The maximum absolute atomic E-state index is 12.7. The second-order valence-corrected chi connectivity index (χ2v) is 42.7. The monoisotopic (exact) mass is 2030 g/mol. The van der Waals surface area contributed by atoms with E-state index in [-0.39, 0.29) is 49.4 Å². The summed E-state index contributed by atoms with van der Waals surface area (Å²) in [5.41, 5.74) is -2.17. The van der Waals surface area contributed by atoms with Gasteiger partial charge in [-0.05, 0) is 84.4 Å². The SMILES string of the molecule is CCCCCCCCCCCCCCCCCCOP(=O)(O)OC[C@H]1O[C@@H](n2ccc(N=CN(C(C)C)C(C)C)nc2=O)C(O)[C@H]1O.CCCCCCCCCCCCCCCCCCOP(=O)(O)OC[C@H]1O[C@@H](n2ccc(N=CN3CCCCC3)nc2=O)C(O)[C@H]1O.CCCCCCCCCCCCCCCCCCOP(=O)(O)OC[C@H]1O[C@@H](n2ccc(N=CN3CCOCC3)nc2=O)C(O)[C@H]1O. The van der Waals surface area contributed by atoms with Crippen LogP contribution in [0.25, 0.3) is 0 Å². The molecule has 15 atom stereocenters. The summed E-state index contributed by atoms with van der Waals surface area (Å²) in [6.07, 6.45) is 55.7. The van der Waals surface area contributed by atoms with E-state index in [0.29, 0.717) is 45.6 Å². The van der Waals surface area contributed by atoms with E-state index in [1.54, 1.807) is 19.0 Å². The lowest BCUT2D eigenvalue weighted by Crippen LogP contribution is -2.36. The van der Waals surface area contributed by atoms with Gasteiger partial charge in [0, 0.05) is 56.9 Å². The molecule has 139 heavy (non-hydrogen) atoms. The van der Waals surface area contributed by atoms with Crippen molar-refractivity contribution in [3.05, 3.63) is 68.2 Å². The normalized spacial score (nSPS) is 22.7. The van der Waals surface area contributed by atoms with Crippen molar-refractivity contribution >= 4 is 59.9 Å². The molecular weight excluding hydrogens is 1850 g/mol. The van der Waals surface area contributed by atoms with Gasteiger partial charge in [-0.1, -0.05) is 310 Å². The number of morpholine rings is 1. The lowest BCUT2D eigenvalue weighted by molar-refractivity contribution is -0.0551. The molecule has 0 amide bonds. The lowest BCUT2D eigenvalue weighted by Gasteiger charge is -2.28. The van der Waals surface area contributed by atoms with Gasteiger partial charge in [-0.25, -0.2) is 43.1 Å². The number of aromatic nitrogens is 6. The Balaban J connectivity index is 0.000000320. The van der Waals surface area contributed by atoms with E-state index in [0.717, 1.165) is 97.4 Å². The molecule has 8 rings (SSSR count). The van der Waals surface area contributed by atoms with Crippen LogP contribution in [0.4, 0.5) is 17.5 Å². The molecule has 5 saturated heterocycles. The van der Waals surface area contributed by atoms with E-state index in [2.05, 4.69) is 55.6 Å². The molecule has 6 unspecified atom stereocenters. The van der Waals surface area contributed by atoms with E-state index in [9.17, 15) is 73.4 Å². The van der Waals surface area contributed by atoms with Crippen LogP contribution in [-0.2, 0) is 59.8 Å². The third-order valence-electron chi connectivity index (χ3n) is 25.9. The number of aliphatic hydroxyl groups is 6. The quantitative estimate of drug-likeness (QED) is 0.0110. The van der Waals surface area contributed by atoms with Gasteiger partial charge in [0.15, 0.2) is 36.1 Å². The highest BCUT2D eigenvalue weighted by molar-refractivity contribution is 7.47. The van der Waals surface area contributed by atoms with E-state index in [1.165, 1.54) is 274 Å². The standard InChI is InChI=1S/C34H63N4O8P.C33H59N4O8P.C32H57N4O9P/c1-6-7-8-9-10-11-12-13-14-15-16-17-18-19-20-21-24-44-47(42,43)45-25-29-31(39)32(40)33(46-29)37-23-22-30(36-34(37)41)35-26-38(27(2)3)28(4)5;1-2-3-4-5-6-7-8-9-10-11-12-13-14-15-16-20-25-43-46(41,42)44-26-28-30(38)31(39)32(45-28)37-24-21-29(35-33(37)40)34-27-36-22-18-17-19-23-36;1-2-3-4-5-6-7-8-9-10-11-12-13-14-15-16-17-22-43-46(40,41)44-25-27-29(37)30(38)31(45-27)36-19-18-28(34-32(36)39)33-26-35-20-23-42-24-21-35/h22-23,26-29,31-33,39-40H,6-21,24-25H2,1-5H3,(H,42,43);21,24,27-28,30-32,38-39H,2-20,22-23,25-26H2,1H3,(H,41,42);18-19,26-27,29-31,37-38H,2-17,20-25H2,1H3,(H,40,41)/t29-,31+,32?,33-;28-,30+,31?,32-;27-,29+,30?,31-/m111/s1. The number of hydrogen-bond donors (Lipinski definition) is 9. The zero-order valence-corrected chi connectivity index (χ0v) is 87.8. The van der Waals surface area contributed by atoms with Crippen molar-refractivity contribution in [3.8, 4) is 0 Å². The highest BCUT2D eigenvalue weighted by atomic mass is 31.2. The number of rotatable bonds is 74. The van der Waals surface area contributed by atoms with Gasteiger partial charge < -0.3 is 79.0 Å². The Labute approximate surface area is 828 Å². The molecule has 40 heteroatoms. The average molecular weight is 2030 g/mol. The number of aliphatic imine (C=N–C) groups is 3. The van der Waals surface area contributed by atoms with Gasteiger partial charge in [-0.3, -0.25) is 40.8 Å². The molecular formula is C99H179N12O25P3. The van der Waals surface area contributed by atoms with Crippen LogP contribution < -0.4 is 17.1 Å². The number of phosphoric ester groups is 3. The van der Waals surface area contributed by atoms with E-state index in [1.807, 2.05) is 37.5 Å². The largest absolute Gasteiger partial charge is 0.472 e. The zero-order chi connectivity index (χ0) is 101. The van der Waals surface area contributed by atoms with Crippen molar-refractivity contribution in [1.29, 1.82) is 0 Å². The second kappa shape index (κ2) is 72.3. The van der Waals surface area contributed by atoms with Crippen molar-refractivity contribution in [1.82, 2.24) is 43.4 Å². The molecule has 0 spiro atoms. The molecule has 9 N–H and O–H groups in total. The van der Waals surface area contributed by atoms with Crippen molar-refractivity contribution in [2.24, 2.45) is 15.0 Å². The van der Waals surface area contributed by atoms with Gasteiger partial charge in [-0.15, -0.1) is 0 Å². The Morgan fingerprint density at radius 3 is 0.835 bits per heavy atom. The van der Waals surface area contributed by atoms with Gasteiger partial charge in [0.05, 0.1) is 71.9 Å². The Bertz CT molecular complexity index is 3950. The summed E-state index contributed by atoms with van der Waals surface area (Å²) >= 11 is 0. The van der Waals surface area contributed by atoms with E-state index in [4.69, 9.17) is 46.1 Å². The summed E-state index contributed by atoms with van der Waals surface area (Å²) in [5, 5.41) is 63.0. The fourth-order valence-electron chi connectivity index (χ4n) is 17.4. The first kappa shape index (κ1) is 123. The first-order chi connectivity index (χ1) is 67.1. The van der Waals surface area contributed by atoms with Gasteiger partial charge in [0.1, 0.15) is 54.9 Å². The molecule has 3 aromatic rings. The van der Waals surface area contributed by atoms with Gasteiger partial charge in [-0.2, -0.15) is 15.0 Å². The molecule has 0 saturated carbocycles. The van der Waals surface area contributed by atoms with Crippen LogP contribution in [0.2, 0.25) is 0 Å². The fraction of sp³-hybridized carbons (Fsp3) is 0.848. The molecule has 37 nitrogen and oxygen atoms in total. The number of likely N-dealkylation sites (tertiary alicyclic amines) is 1. The van der Waals surface area contributed by atoms with Gasteiger partial charge >= 0.3 is 40.5 Å². The molecule has 0 aliphatic carbocycles. The number of ether oxygens (including phenoxy) is 4. The summed E-state index contributed by atoms with van der Waals surface area (Å²) in [6, 6.07) is 4.92. The summed E-state index contributed by atoms with van der Waals surface area (Å²) < 4.78 is 92.9. The Kier molecular flexibility index (Phi) is 63.8. The number of piperidine rings is 1. The van der Waals surface area contributed by atoms with Crippen LogP contribution in [-0.4, -0.2) is 254 Å². The average Bonchev–Trinajstić information content (AvgIpc) is 1.67. The minimum atomic E-state index is -4.39. The summed E-state index contributed by atoms with van der Waals surface area (Å²) in [7, 11) is -13.2. The van der Waals surface area contributed by atoms with Crippen LogP contribution >= 0.6 is 23.5 Å². The first-order valence-corrected chi connectivity index (χ1v) is 57.7. The number of aliphatic hydroxyl groups excluding tert-OH is 6. The molecule has 0 aromatic carbocycles. The smallest absolute Gasteiger partial charge is 0.387 e. The van der Waals surface area contributed by atoms with Crippen molar-refractivity contribution < 1.29 is 105 Å². The second-order valence-electron chi connectivity index (χ2n) is 38.4. The predicted octanol–water partition coefficient (Wildman–Crippen LogP) is 18.7. The molecule has 5 aliphatic rings. The number of hydrogen-bond acceptors (Lipinski definition) is 28.